The minimum Gasteiger partial charge on any atom is -0.506 e. The summed E-state index contributed by atoms with van der Waals surface area (Å²) < 4.78 is 40.5. The van der Waals surface area contributed by atoms with Crippen LogP contribution in [-0.4, -0.2) is 98.7 Å². The Labute approximate surface area is 230 Å². The molecule has 40 heavy (non-hydrogen) atoms. The molecular weight excluding hydrogens is 526 g/mol. The predicted octanol–water partition coefficient (Wildman–Crippen LogP) is 3.53. The van der Waals surface area contributed by atoms with E-state index in [2.05, 4.69) is 15.0 Å². The van der Waals surface area contributed by atoms with Gasteiger partial charge in [0.2, 0.25) is 17.8 Å². The minimum absolute atomic E-state index is 0.00961. The molecule has 0 radical (unpaired) electrons. The molecule has 0 atom stereocenters. The fraction of sp³-hybridized carbons (Fsp3) is 0.577. The van der Waals surface area contributed by atoms with Gasteiger partial charge < -0.3 is 29.3 Å². The van der Waals surface area contributed by atoms with E-state index in [1.807, 2.05) is 37.6 Å². The Kier molecular flexibility index (Phi) is 7.62. The Morgan fingerprint density at radius 2 is 1.75 bits per heavy atom. The lowest BCUT2D eigenvalue weighted by molar-refractivity contribution is 0.0205. The van der Waals surface area contributed by atoms with Gasteiger partial charge in [-0.2, -0.15) is 15.0 Å². The number of morpholine rings is 1. The first-order valence-corrected chi connectivity index (χ1v) is 13.3. The van der Waals surface area contributed by atoms with Gasteiger partial charge >= 0.3 is 6.09 Å². The summed E-state index contributed by atoms with van der Waals surface area (Å²) in [4.78, 5) is 36.0. The molecule has 0 aliphatic carbocycles. The highest BCUT2D eigenvalue weighted by Crippen LogP contribution is 2.32. The van der Waals surface area contributed by atoms with Gasteiger partial charge in [0.1, 0.15) is 16.9 Å². The molecule has 1 amide bonds. The molecule has 4 heterocycles. The summed E-state index contributed by atoms with van der Waals surface area (Å²) in [7, 11) is 1.85. The van der Waals surface area contributed by atoms with Crippen molar-refractivity contribution in [2.45, 2.75) is 51.7 Å². The highest BCUT2D eigenvalue weighted by molar-refractivity contribution is 5.83. The Balaban J connectivity index is 1.49. The number of amides is 1. The lowest BCUT2D eigenvalue weighted by Crippen LogP contribution is -2.47. The Morgan fingerprint density at radius 3 is 2.40 bits per heavy atom. The molecule has 3 aromatic rings. The third-order valence-corrected chi connectivity index (χ3v) is 6.96. The number of hydrogen-bond acceptors (Lipinski definition) is 10. The number of fused-ring (bicyclic) bond motifs is 1. The zero-order valence-electron chi connectivity index (χ0n) is 23.0. The van der Waals surface area contributed by atoms with E-state index in [0.717, 1.165) is 0 Å². The van der Waals surface area contributed by atoms with E-state index in [4.69, 9.17) is 14.5 Å². The number of anilines is 2. The van der Waals surface area contributed by atoms with Crippen molar-refractivity contribution in [2.24, 2.45) is 0 Å². The number of phenols is 1. The van der Waals surface area contributed by atoms with Crippen molar-refractivity contribution < 1.29 is 28.2 Å². The van der Waals surface area contributed by atoms with Crippen LogP contribution in [-0.2, 0) is 9.47 Å². The average Bonchev–Trinajstić information content (AvgIpc) is 3.33. The zero-order valence-corrected chi connectivity index (χ0v) is 23.0. The molecule has 1 N–H and O–H groups in total. The van der Waals surface area contributed by atoms with Crippen molar-refractivity contribution in [3.63, 3.8) is 0 Å². The number of imidazole rings is 1. The highest BCUT2D eigenvalue weighted by Gasteiger charge is 2.31. The van der Waals surface area contributed by atoms with Crippen molar-refractivity contribution >= 4 is 29.0 Å². The largest absolute Gasteiger partial charge is 0.506 e. The van der Waals surface area contributed by atoms with Gasteiger partial charge in [0.25, 0.3) is 6.43 Å². The van der Waals surface area contributed by atoms with E-state index in [-0.39, 0.29) is 34.9 Å². The number of carbonyl (C=O) groups is 1. The van der Waals surface area contributed by atoms with Crippen LogP contribution in [0.25, 0.3) is 17.0 Å². The lowest BCUT2D eigenvalue weighted by Gasteiger charge is -2.37. The molecule has 2 saturated heterocycles. The van der Waals surface area contributed by atoms with Crippen LogP contribution in [0.15, 0.2) is 18.2 Å². The highest BCUT2D eigenvalue weighted by atomic mass is 19.3. The quantitative estimate of drug-likeness (QED) is 0.496. The fourth-order valence-electron chi connectivity index (χ4n) is 4.89. The first kappa shape index (κ1) is 27.7. The number of rotatable bonds is 5. The SMILES string of the molecule is CN(c1nc(N2CCOCC2)nc(-n2c(C(F)F)nc3c(O)cccc32)n1)C1CCN(C(=O)OC(C)(C)C)CC1. The molecule has 2 fully saturated rings. The molecule has 2 aliphatic rings. The Hall–Kier alpha value is -3.81. The van der Waals surface area contributed by atoms with Crippen LogP contribution in [0.5, 0.6) is 5.75 Å². The normalized spacial score (nSPS) is 17.1. The molecule has 1 aromatic carbocycles. The van der Waals surface area contributed by atoms with Crippen LogP contribution < -0.4 is 9.80 Å². The molecule has 14 heteroatoms. The van der Waals surface area contributed by atoms with Gasteiger partial charge in [0.15, 0.2) is 5.82 Å². The first-order valence-electron chi connectivity index (χ1n) is 13.3. The number of piperidine rings is 1. The molecule has 0 saturated carbocycles. The van der Waals surface area contributed by atoms with E-state index in [9.17, 15) is 18.7 Å². The van der Waals surface area contributed by atoms with E-state index < -0.39 is 17.9 Å². The summed E-state index contributed by atoms with van der Waals surface area (Å²) in [6.45, 7) is 8.54. The molecule has 5 rings (SSSR count). The number of aromatic nitrogens is 5. The second kappa shape index (κ2) is 11.0. The van der Waals surface area contributed by atoms with Crippen molar-refractivity contribution in [1.29, 1.82) is 0 Å². The number of alkyl halides is 2. The number of benzene rings is 1. The van der Waals surface area contributed by atoms with Gasteiger partial charge in [-0.3, -0.25) is 4.57 Å². The fourth-order valence-corrected chi connectivity index (χ4v) is 4.89. The molecule has 216 valence electrons. The molecule has 2 aliphatic heterocycles. The van der Waals surface area contributed by atoms with Crippen LogP contribution in [0.4, 0.5) is 25.5 Å². The summed E-state index contributed by atoms with van der Waals surface area (Å²) in [6.07, 6.45) is -1.99. The van der Waals surface area contributed by atoms with Gasteiger partial charge in [0, 0.05) is 39.3 Å². The molecule has 2 aromatic heterocycles. The molecular formula is C26H34F2N8O4. The summed E-state index contributed by atoms with van der Waals surface area (Å²) in [5, 5.41) is 10.3. The average molecular weight is 561 g/mol. The molecule has 0 bridgehead atoms. The maximum Gasteiger partial charge on any atom is 0.410 e. The third kappa shape index (κ3) is 5.71. The van der Waals surface area contributed by atoms with Gasteiger partial charge in [-0.05, 0) is 45.7 Å². The zero-order chi connectivity index (χ0) is 28.6. The molecule has 0 spiro atoms. The smallest absolute Gasteiger partial charge is 0.410 e. The monoisotopic (exact) mass is 560 g/mol. The van der Waals surface area contributed by atoms with Crippen LogP contribution in [0, 0.1) is 0 Å². The molecule has 0 unspecified atom stereocenters. The number of aromatic hydroxyl groups is 1. The predicted molar refractivity (Wildman–Crippen MR) is 143 cm³/mol. The number of halogens is 2. The van der Waals surface area contributed by atoms with Gasteiger partial charge in [-0.25, -0.2) is 18.6 Å². The minimum atomic E-state index is -2.94. The number of likely N-dealkylation sites (tertiary alicyclic amines) is 1. The number of carbonyl (C=O) groups excluding carboxylic acids is 1. The van der Waals surface area contributed by atoms with Crippen LogP contribution in [0.2, 0.25) is 0 Å². The van der Waals surface area contributed by atoms with E-state index in [1.165, 1.54) is 10.6 Å². The van der Waals surface area contributed by atoms with Gasteiger partial charge in [-0.15, -0.1) is 0 Å². The maximum atomic E-state index is 14.2. The van der Waals surface area contributed by atoms with E-state index in [0.29, 0.717) is 64.1 Å². The van der Waals surface area contributed by atoms with E-state index >= 15 is 0 Å². The first-order chi connectivity index (χ1) is 19.0. The lowest BCUT2D eigenvalue weighted by atomic mass is 10.0. The van der Waals surface area contributed by atoms with Crippen molar-refractivity contribution in [3.8, 4) is 11.7 Å². The van der Waals surface area contributed by atoms with Crippen molar-refractivity contribution in [2.75, 3.05) is 56.2 Å². The van der Waals surface area contributed by atoms with Crippen LogP contribution in [0.1, 0.15) is 45.9 Å². The van der Waals surface area contributed by atoms with Crippen molar-refractivity contribution in [3.05, 3.63) is 24.0 Å². The maximum absolute atomic E-state index is 14.2. The number of para-hydroxylation sites is 1. The summed E-state index contributed by atoms with van der Waals surface area (Å²) in [6, 6.07) is 4.53. The van der Waals surface area contributed by atoms with Crippen molar-refractivity contribution in [1.82, 2.24) is 29.4 Å². The number of phenolic OH excluding ortho intramolecular Hbond substituents is 1. The summed E-state index contributed by atoms with van der Waals surface area (Å²) >= 11 is 0. The third-order valence-electron chi connectivity index (χ3n) is 6.96. The molecule has 12 nitrogen and oxygen atoms in total. The number of hydrogen-bond donors (Lipinski definition) is 1. The standard InChI is InChI=1S/C26H34F2N8O4/c1-26(2,3)40-25(38)35-10-8-16(9-11-35)33(4)22-30-23(34-12-14-39-15-13-34)32-24(31-22)36-17-6-5-7-18(37)19(17)29-21(36)20(27)28/h5-7,16,20,37H,8-15H2,1-4H3. The second-order valence-electron chi connectivity index (χ2n) is 10.9. The van der Waals surface area contributed by atoms with Crippen LogP contribution >= 0.6 is 0 Å². The summed E-state index contributed by atoms with van der Waals surface area (Å²) in [5.41, 5.74) is -0.281. The Morgan fingerprint density at radius 1 is 1.07 bits per heavy atom. The number of nitrogens with zero attached hydrogens (tertiary/aromatic N) is 8. The van der Waals surface area contributed by atoms with Gasteiger partial charge in [0.05, 0.1) is 18.7 Å². The second-order valence-corrected chi connectivity index (χ2v) is 10.9. The topological polar surface area (TPSA) is 122 Å². The van der Waals surface area contributed by atoms with E-state index in [1.54, 1.807) is 17.0 Å². The summed E-state index contributed by atoms with van der Waals surface area (Å²) in [5.74, 6) is -0.162. The van der Waals surface area contributed by atoms with Gasteiger partial charge in [-0.1, -0.05) is 6.07 Å². The Bertz CT molecular complexity index is 1360. The van der Waals surface area contributed by atoms with Crippen LogP contribution in [0.3, 0.4) is 0 Å². The number of ether oxygens (including phenoxy) is 2.